The van der Waals surface area contributed by atoms with Gasteiger partial charge in [-0.2, -0.15) is 15.6 Å². The number of methoxy groups -OCH3 is 2. The third-order valence-corrected chi connectivity index (χ3v) is 5.58. The maximum absolute atomic E-state index is 12.6. The molecule has 0 bridgehead atoms. The summed E-state index contributed by atoms with van der Waals surface area (Å²) >= 11 is 1.54. The molecule has 5 nitrogen and oxygen atoms in total. The Balaban J connectivity index is 2.30. The molecule has 0 saturated carbocycles. The van der Waals surface area contributed by atoms with Gasteiger partial charge in [0.2, 0.25) is 10.0 Å². The maximum atomic E-state index is 12.6. The Bertz CT molecular complexity index is 696. The number of ether oxygens (including phenoxy) is 2. The van der Waals surface area contributed by atoms with Crippen LogP contribution in [0.1, 0.15) is 5.56 Å². The summed E-state index contributed by atoms with van der Waals surface area (Å²) < 4.78 is 36.7. The van der Waals surface area contributed by atoms with Crippen LogP contribution in [0.3, 0.4) is 0 Å². The summed E-state index contributed by atoms with van der Waals surface area (Å²) in [6.07, 6.45) is 0. The molecule has 0 unspecified atom stereocenters. The molecule has 7 heteroatoms. The zero-order valence-electron chi connectivity index (χ0n) is 12.1. The summed E-state index contributed by atoms with van der Waals surface area (Å²) in [6.45, 7) is 0.334. The van der Waals surface area contributed by atoms with E-state index in [0.717, 1.165) is 5.56 Å². The second-order valence-corrected chi connectivity index (χ2v) is 7.23. The second-order valence-electron chi connectivity index (χ2n) is 4.41. The van der Waals surface area contributed by atoms with Crippen LogP contribution in [0, 0.1) is 0 Å². The lowest BCUT2D eigenvalue weighted by molar-refractivity contribution is 0.353. The van der Waals surface area contributed by atoms with E-state index >= 15 is 0 Å². The van der Waals surface area contributed by atoms with Gasteiger partial charge in [0.25, 0.3) is 0 Å². The Morgan fingerprint density at radius 1 is 1.14 bits per heavy atom. The first-order valence-corrected chi connectivity index (χ1v) is 8.56. The van der Waals surface area contributed by atoms with E-state index in [1.165, 1.54) is 30.7 Å². The van der Waals surface area contributed by atoms with E-state index in [4.69, 9.17) is 9.47 Å². The number of hydrogen-bond acceptors (Lipinski definition) is 5. The number of nitrogens with zero attached hydrogens (tertiary/aromatic N) is 1. The molecule has 0 saturated heterocycles. The van der Waals surface area contributed by atoms with Crippen LogP contribution >= 0.6 is 11.3 Å². The van der Waals surface area contributed by atoms with Crippen LogP contribution in [-0.2, 0) is 16.6 Å². The fraction of sp³-hybridized carbons (Fsp3) is 0.286. The summed E-state index contributed by atoms with van der Waals surface area (Å²) in [4.78, 5) is 0.179. The number of thiophene rings is 1. The van der Waals surface area contributed by atoms with Gasteiger partial charge in [-0.3, -0.25) is 0 Å². The predicted molar refractivity (Wildman–Crippen MR) is 82.5 cm³/mol. The highest BCUT2D eigenvalue weighted by Crippen LogP contribution is 2.30. The van der Waals surface area contributed by atoms with Gasteiger partial charge in [-0.15, -0.1) is 0 Å². The first-order chi connectivity index (χ1) is 9.98. The molecule has 0 radical (unpaired) electrons. The number of benzene rings is 1. The lowest BCUT2D eigenvalue weighted by Crippen LogP contribution is -2.26. The molecule has 0 amide bonds. The van der Waals surface area contributed by atoms with Crippen LogP contribution in [-0.4, -0.2) is 34.0 Å². The lowest BCUT2D eigenvalue weighted by atomic mass is 10.3. The topological polar surface area (TPSA) is 55.8 Å². The Morgan fingerprint density at radius 2 is 1.86 bits per heavy atom. The summed E-state index contributed by atoms with van der Waals surface area (Å²) in [5.74, 6) is 0.888. The number of rotatable bonds is 6. The summed E-state index contributed by atoms with van der Waals surface area (Å²) in [5, 5.41) is 3.85. The van der Waals surface area contributed by atoms with Crippen molar-refractivity contribution < 1.29 is 17.9 Å². The molecular weight excluding hydrogens is 310 g/mol. The normalized spacial score (nSPS) is 11.6. The van der Waals surface area contributed by atoms with E-state index in [1.54, 1.807) is 24.5 Å². The molecular formula is C14H17NO4S2. The minimum atomic E-state index is -3.57. The highest BCUT2D eigenvalue weighted by atomic mass is 32.2. The van der Waals surface area contributed by atoms with Crippen molar-refractivity contribution in [2.75, 3.05) is 21.3 Å². The zero-order chi connectivity index (χ0) is 15.5. The van der Waals surface area contributed by atoms with Crippen molar-refractivity contribution in [3.8, 4) is 11.5 Å². The van der Waals surface area contributed by atoms with Gasteiger partial charge in [0.15, 0.2) is 11.5 Å². The molecule has 21 heavy (non-hydrogen) atoms. The van der Waals surface area contributed by atoms with Crippen molar-refractivity contribution >= 4 is 21.4 Å². The summed E-state index contributed by atoms with van der Waals surface area (Å²) in [6, 6.07) is 6.48. The van der Waals surface area contributed by atoms with E-state index < -0.39 is 10.0 Å². The minimum absolute atomic E-state index is 0.179. The lowest BCUT2D eigenvalue weighted by Gasteiger charge is -2.17. The Hall–Kier alpha value is -1.57. The SMILES string of the molecule is COc1ccc(S(=O)(=O)N(C)Cc2ccsc2)cc1OC. The number of hydrogen-bond donors (Lipinski definition) is 0. The largest absolute Gasteiger partial charge is 0.493 e. The van der Waals surface area contributed by atoms with Gasteiger partial charge >= 0.3 is 0 Å². The second kappa shape index (κ2) is 6.46. The molecule has 1 aromatic carbocycles. The Kier molecular flexibility index (Phi) is 4.87. The molecule has 0 aliphatic heterocycles. The molecule has 2 aromatic rings. The highest BCUT2D eigenvalue weighted by Gasteiger charge is 2.22. The zero-order valence-corrected chi connectivity index (χ0v) is 13.7. The van der Waals surface area contributed by atoms with E-state index in [1.807, 2.05) is 16.8 Å². The average Bonchev–Trinajstić information content (AvgIpc) is 2.99. The van der Waals surface area contributed by atoms with Crippen LogP contribution in [0.2, 0.25) is 0 Å². The van der Waals surface area contributed by atoms with Crippen molar-refractivity contribution in [3.05, 3.63) is 40.6 Å². The Labute approximate surface area is 128 Å². The van der Waals surface area contributed by atoms with Gasteiger partial charge < -0.3 is 9.47 Å². The Morgan fingerprint density at radius 3 is 2.43 bits per heavy atom. The van der Waals surface area contributed by atoms with Crippen LogP contribution in [0.25, 0.3) is 0 Å². The van der Waals surface area contributed by atoms with Gasteiger partial charge in [-0.1, -0.05) is 0 Å². The summed E-state index contributed by atoms with van der Waals surface area (Å²) in [5.41, 5.74) is 0.964. The van der Waals surface area contributed by atoms with Crippen LogP contribution in [0.4, 0.5) is 0 Å². The molecule has 2 rings (SSSR count). The molecule has 0 aliphatic rings. The molecule has 0 spiro atoms. The van der Waals surface area contributed by atoms with Crippen molar-refractivity contribution in [1.29, 1.82) is 0 Å². The molecule has 114 valence electrons. The molecule has 0 N–H and O–H groups in total. The first-order valence-electron chi connectivity index (χ1n) is 6.18. The molecule has 0 atom stereocenters. The standard InChI is InChI=1S/C14H17NO4S2/c1-15(9-11-6-7-20-10-11)21(16,17)12-4-5-13(18-2)14(8-12)19-3/h4-8,10H,9H2,1-3H3. The third-order valence-electron chi connectivity index (χ3n) is 3.05. The molecule has 1 heterocycles. The predicted octanol–water partition coefficient (Wildman–Crippen LogP) is 2.59. The van der Waals surface area contributed by atoms with Crippen molar-refractivity contribution in [2.24, 2.45) is 0 Å². The number of sulfonamides is 1. The van der Waals surface area contributed by atoms with Gasteiger partial charge in [0.1, 0.15) is 0 Å². The third kappa shape index (κ3) is 3.37. The highest BCUT2D eigenvalue weighted by molar-refractivity contribution is 7.89. The maximum Gasteiger partial charge on any atom is 0.243 e. The van der Waals surface area contributed by atoms with E-state index in [-0.39, 0.29) is 4.90 Å². The average molecular weight is 327 g/mol. The van der Waals surface area contributed by atoms with E-state index in [0.29, 0.717) is 18.0 Å². The summed E-state index contributed by atoms with van der Waals surface area (Å²) in [7, 11) is 0.973. The quantitative estimate of drug-likeness (QED) is 0.818. The fourth-order valence-electron chi connectivity index (χ4n) is 1.88. The van der Waals surface area contributed by atoms with Gasteiger partial charge in [-0.25, -0.2) is 8.42 Å². The first kappa shape index (κ1) is 15.8. The molecule has 0 fully saturated rings. The van der Waals surface area contributed by atoms with Crippen LogP contribution in [0.5, 0.6) is 11.5 Å². The fourth-order valence-corrected chi connectivity index (χ4v) is 3.72. The van der Waals surface area contributed by atoms with Crippen LogP contribution in [0.15, 0.2) is 39.9 Å². The van der Waals surface area contributed by atoms with E-state index in [9.17, 15) is 8.42 Å². The molecule has 0 aliphatic carbocycles. The van der Waals surface area contributed by atoms with Crippen molar-refractivity contribution in [2.45, 2.75) is 11.4 Å². The van der Waals surface area contributed by atoms with Gasteiger partial charge in [0, 0.05) is 19.7 Å². The van der Waals surface area contributed by atoms with Gasteiger partial charge in [0.05, 0.1) is 19.1 Å². The van der Waals surface area contributed by atoms with Crippen molar-refractivity contribution in [1.82, 2.24) is 4.31 Å². The van der Waals surface area contributed by atoms with Crippen LogP contribution < -0.4 is 9.47 Å². The molecule has 1 aromatic heterocycles. The monoisotopic (exact) mass is 327 g/mol. The minimum Gasteiger partial charge on any atom is -0.493 e. The van der Waals surface area contributed by atoms with Gasteiger partial charge in [-0.05, 0) is 34.5 Å². The van der Waals surface area contributed by atoms with E-state index in [2.05, 4.69) is 0 Å². The smallest absolute Gasteiger partial charge is 0.243 e. The van der Waals surface area contributed by atoms with Crippen molar-refractivity contribution in [3.63, 3.8) is 0 Å².